The number of methoxy groups -OCH3 is 1. The minimum absolute atomic E-state index is 0.121. The summed E-state index contributed by atoms with van der Waals surface area (Å²) in [4.78, 5) is 0. The van der Waals surface area contributed by atoms with E-state index < -0.39 is 0 Å². The van der Waals surface area contributed by atoms with Crippen molar-refractivity contribution < 1.29 is 9.84 Å². The van der Waals surface area contributed by atoms with Crippen LogP contribution in [0.4, 0.5) is 0 Å². The first kappa shape index (κ1) is 15.0. The second kappa shape index (κ2) is 6.75. The maximum atomic E-state index is 9.54. The van der Waals surface area contributed by atoms with Gasteiger partial charge in [-0.3, -0.25) is 4.68 Å². The van der Waals surface area contributed by atoms with Crippen LogP contribution in [0.3, 0.4) is 0 Å². The third-order valence-corrected chi connectivity index (χ3v) is 3.16. The van der Waals surface area contributed by atoms with Gasteiger partial charge in [-0.2, -0.15) is 5.10 Å². The van der Waals surface area contributed by atoms with Crippen LogP contribution in [-0.4, -0.2) is 40.7 Å². The normalized spacial score (nSPS) is 16.3. The summed E-state index contributed by atoms with van der Waals surface area (Å²) in [5.41, 5.74) is -0.269. The molecule has 0 amide bonds. The van der Waals surface area contributed by atoms with E-state index in [0.29, 0.717) is 0 Å². The van der Waals surface area contributed by atoms with Crippen LogP contribution in [0.5, 0.6) is 5.75 Å². The molecule has 0 saturated heterocycles. The molecule has 0 aromatic carbocycles. The van der Waals surface area contributed by atoms with Crippen molar-refractivity contribution in [1.29, 1.82) is 0 Å². The van der Waals surface area contributed by atoms with E-state index in [9.17, 15) is 5.11 Å². The zero-order valence-electron chi connectivity index (χ0n) is 11.8. The molecule has 18 heavy (non-hydrogen) atoms. The first-order valence-corrected chi connectivity index (χ1v) is 6.48. The summed E-state index contributed by atoms with van der Waals surface area (Å²) >= 11 is 0. The fraction of sp³-hybridized carbons (Fsp3) is 0.769. The molecule has 0 aliphatic rings. The third kappa shape index (κ3) is 3.99. The van der Waals surface area contributed by atoms with E-state index in [0.717, 1.165) is 25.1 Å². The van der Waals surface area contributed by atoms with E-state index in [-0.39, 0.29) is 18.2 Å². The highest BCUT2D eigenvalue weighted by Crippen LogP contribution is 2.22. The van der Waals surface area contributed by atoms with Crippen LogP contribution in [0.1, 0.15) is 39.7 Å². The Hall–Kier alpha value is -1.07. The molecule has 1 aromatic rings. The van der Waals surface area contributed by atoms with Crippen molar-refractivity contribution in [2.45, 2.75) is 45.2 Å². The summed E-state index contributed by atoms with van der Waals surface area (Å²) in [6.45, 7) is 7.28. The number of aromatic nitrogens is 2. The summed E-state index contributed by atoms with van der Waals surface area (Å²) in [5.74, 6) is 0.758. The molecular formula is C13H25N3O2. The van der Waals surface area contributed by atoms with Crippen molar-refractivity contribution in [2.24, 2.45) is 0 Å². The van der Waals surface area contributed by atoms with Crippen molar-refractivity contribution in [3.8, 4) is 5.75 Å². The number of rotatable bonds is 8. The summed E-state index contributed by atoms with van der Waals surface area (Å²) in [5, 5.41) is 17.2. The molecule has 0 bridgehead atoms. The number of ether oxygens (including phenoxy) is 1. The Kier molecular flexibility index (Phi) is 5.62. The molecule has 1 heterocycles. The second-order valence-electron chi connectivity index (χ2n) is 5.06. The highest BCUT2D eigenvalue weighted by molar-refractivity contribution is 5.11. The van der Waals surface area contributed by atoms with Crippen LogP contribution in [0.15, 0.2) is 12.4 Å². The Bertz CT molecular complexity index is 354. The average molecular weight is 255 g/mol. The molecule has 5 nitrogen and oxygen atoms in total. The van der Waals surface area contributed by atoms with E-state index in [1.165, 1.54) is 0 Å². The maximum absolute atomic E-state index is 9.54. The van der Waals surface area contributed by atoms with Gasteiger partial charge in [-0.15, -0.1) is 0 Å². The van der Waals surface area contributed by atoms with Crippen LogP contribution < -0.4 is 10.1 Å². The second-order valence-corrected chi connectivity index (χ2v) is 5.06. The zero-order valence-corrected chi connectivity index (χ0v) is 11.8. The largest absolute Gasteiger partial charge is 0.493 e. The van der Waals surface area contributed by atoms with Gasteiger partial charge in [-0.05, 0) is 33.2 Å². The molecule has 1 rings (SSSR count). The molecule has 0 saturated carbocycles. The number of nitrogens with zero attached hydrogens (tertiary/aromatic N) is 2. The molecule has 2 N–H and O–H groups in total. The van der Waals surface area contributed by atoms with Crippen molar-refractivity contribution >= 4 is 0 Å². The lowest BCUT2D eigenvalue weighted by atomic mass is 9.94. The molecule has 0 aliphatic carbocycles. The predicted molar refractivity (Wildman–Crippen MR) is 71.9 cm³/mol. The summed E-state index contributed by atoms with van der Waals surface area (Å²) < 4.78 is 6.99. The number of hydrogen-bond donors (Lipinski definition) is 2. The van der Waals surface area contributed by atoms with Crippen molar-refractivity contribution in [3.63, 3.8) is 0 Å². The quantitative estimate of drug-likeness (QED) is 0.740. The molecule has 5 heteroatoms. The smallest absolute Gasteiger partial charge is 0.156 e. The van der Waals surface area contributed by atoms with Crippen molar-refractivity contribution in [2.75, 3.05) is 20.3 Å². The fourth-order valence-corrected chi connectivity index (χ4v) is 2.03. The average Bonchev–Trinajstić information content (AvgIpc) is 2.85. The highest BCUT2D eigenvalue weighted by Gasteiger charge is 2.26. The van der Waals surface area contributed by atoms with Gasteiger partial charge < -0.3 is 15.2 Å². The highest BCUT2D eigenvalue weighted by atomic mass is 16.5. The van der Waals surface area contributed by atoms with Gasteiger partial charge in [-0.25, -0.2) is 0 Å². The molecule has 0 spiro atoms. The van der Waals surface area contributed by atoms with Gasteiger partial charge in [0.15, 0.2) is 5.75 Å². The Labute approximate surface area is 109 Å². The Morgan fingerprint density at radius 2 is 2.33 bits per heavy atom. The molecule has 104 valence electrons. The standard InChI is InChI=1S/C13H25N3O2/c1-5-6-14-13(3,10-17)7-11(2)16-9-12(18-4)8-15-16/h8-9,11,14,17H,5-7,10H2,1-4H3. The van der Waals surface area contributed by atoms with Gasteiger partial charge in [0.2, 0.25) is 0 Å². The molecule has 2 unspecified atom stereocenters. The van der Waals surface area contributed by atoms with E-state index in [1.807, 2.05) is 17.8 Å². The fourth-order valence-electron chi connectivity index (χ4n) is 2.03. The number of nitrogens with one attached hydrogen (secondary N) is 1. The third-order valence-electron chi connectivity index (χ3n) is 3.16. The first-order valence-electron chi connectivity index (χ1n) is 6.48. The lowest BCUT2D eigenvalue weighted by Crippen LogP contribution is -2.47. The van der Waals surface area contributed by atoms with Gasteiger partial charge in [-0.1, -0.05) is 6.92 Å². The summed E-state index contributed by atoms with van der Waals surface area (Å²) in [6, 6.07) is 0.204. The predicted octanol–water partition coefficient (Wildman–Crippen LogP) is 1.59. The number of aliphatic hydroxyl groups excluding tert-OH is 1. The van der Waals surface area contributed by atoms with Gasteiger partial charge in [0, 0.05) is 5.54 Å². The minimum Gasteiger partial charge on any atom is -0.493 e. The Morgan fingerprint density at radius 1 is 1.61 bits per heavy atom. The Morgan fingerprint density at radius 3 is 2.83 bits per heavy atom. The first-order chi connectivity index (χ1) is 8.54. The monoisotopic (exact) mass is 255 g/mol. The van der Waals surface area contributed by atoms with Crippen LogP contribution in [0.25, 0.3) is 0 Å². The van der Waals surface area contributed by atoms with Gasteiger partial charge >= 0.3 is 0 Å². The lowest BCUT2D eigenvalue weighted by molar-refractivity contribution is 0.149. The zero-order chi connectivity index (χ0) is 13.6. The molecule has 0 aliphatic heterocycles. The molecular weight excluding hydrogens is 230 g/mol. The van der Waals surface area contributed by atoms with E-state index in [4.69, 9.17) is 4.74 Å². The van der Waals surface area contributed by atoms with E-state index in [2.05, 4.69) is 24.3 Å². The number of hydrogen-bond acceptors (Lipinski definition) is 4. The molecule has 0 radical (unpaired) electrons. The SMILES string of the molecule is CCCNC(C)(CO)CC(C)n1cc(OC)cn1. The molecule has 1 aromatic heterocycles. The summed E-state index contributed by atoms with van der Waals surface area (Å²) in [6.07, 6.45) is 5.45. The van der Waals surface area contributed by atoms with Crippen LogP contribution >= 0.6 is 0 Å². The number of aliphatic hydroxyl groups is 1. The topological polar surface area (TPSA) is 59.3 Å². The van der Waals surface area contributed by atoms with Crippen LogP contribution in [0.2, 0.25) is 0 Å². The van der Waals surface area contributed by atoms with Crippen LogP contribution in [-0.2, 0) is 0 Å². The summed E-state index contributed by atoms with van der Waals surface area (Å²) in [7, 11) is 1.63. The van der Waals surface area contributed by atoms with E-state index >= 15 is 0 Å². The van der Waals surface area contributed by atoms with Crippen molar-refractivity contribution in [1.82, 2.24) is 15.1 Å². The van der Waals surface area contributed by atoms with Gasteiger partial charge in [0.25, 0.3) is 0 Å². The van der Waals surface area contributed by atoms with Gasteiger partial charge in [0.05, 0.1) is 32.2 Å². The molecule has 0 fully saturated rings. The molecule has 2 atom stereocenters. The Balaban J connectivity index is 2.63. The van der Waals surface area contributed by atoms with Crippen LogP contribution in [0, 0.1) is 0 Å². The maximum Gasteiger partial charge on any atom is 0.156 e. The van der Waals surface area contributed by atoms with E-state index in [1.54, 1.807) is 13.3 Å². The van der Waals surface area contributed by atoms with Crippen molar-refractivity contribution in [3.05, 3.63) is 12.4 Å². The minimum atomic E-state index is -0.269. The van der Waals surface area contributed by atoms with Gasteiger partial charge in [0.1, 0.15) is 0 Å². The lowest BCUT2D eigenvalue weighted by Gasteiger charge is -2.31.